The number of rotatable bonds is 0. The van der Waals surface area contributed by atoms with E-state index in [0.717, 1.165) is 5.69 Å². The second-order valence-electron chi connectivity index (χ2n) is 1.41. The molecule has 0 radical (unpaired) electrons. The Morgan fingerprint density at radius 2 is 1.56 bits per heavy atom. The fraction of sp³-hybridized carbons (Fsp3) is 0. The van der Waals surface area contributed by atoms with Crippen LogP contribution in [0.4, 0.5) is 5.69 Å². The lowest BCUT2D eigenvalue weighted by molar-refractivity contribution is 1.49. The molecule has 3 N–H and O–H groups in total. The molecular formula is C6H8N2O. The van der Waals surface area contributed by atoms with Gasteiger partial charge < -0.3 is 5.73 Å². The lowest BCUT2D eigenvalue weighted by atomic mass is 10.3. The summed E-state index contributed by atoms with van der Waals surface area (Å²) in [7, 11) is 0. The van der Waals surface area contributed by atoms with Crippen molar-refractivity contribution in [2.24, 2.45) is 0 Å². The van der Waals surface area contributed by atoms with E-state index < -0.39 is 0 Å². The average Bonchev–Trinajstić information content (AvgIpc) is 1.94. The highest BCUT2D eigenvalue weighted by molar-refractivity contribution is 5.35. The van der Waals surface area contributed by atoms with E-state index in [-0.39, 0.29) is 0 Å². The smallest absolute Gasteiger partial charge is 0.0313 e. The van der Waals surface area contributed by atoms with Crippen LogP contribution in [-0.2, 0) is 0 Å². The van der Waals surface area contributed by atoms with Gasteiger partial charge in [-0.1, -0.05) is 23.8 Å². The molecule has 3 nitrogen and oxygen atoms in total. The third kappa shape index (κ3) is 3.22. The zero-order valence-corrected chi connectivity index (χ0v) is 4.87. The first-order valence-electron chi connectivity index (χ1n) is 2.40. The highest BCUT2D eigenvalue weighted by atomic mass is 16.2. The maximum Gasteiger partial charge on any atom is 0.0313 e. The number of nitrogen functional groups attached to an aromatic ring is 1. The molecule has 1 aromatic carbocycles. The second kappa shape index (κ2) is 4.77. The van der Waals surface area contributed by atoms with Gasteiger partial charge in [0.2, 0.25) is 0 Å². The number of nitrogens with one attached hydrogen (secondary N) is 1. The van der Waals surface area contributed by atoms with E-state index >= 15 is 0 Å². The van der Waals surface area contributed by atoms with Gasteiger partial charge in [-0.25, -0.2) is 0 Å². The van der Waals surface area contributed by atoms with Crippen LogP contribution in [0.15, 0.2) is 30.3 Å². The molecule has 0 bridgehead atoms. The molecule has 0 aromatic heterocycles. The van der Waals surface area contributed by atoms with Crippen molar-refractivity contribution in [1.29, 1.82) is 5.59 Å². The third-order valence-electron chi connectivity index (χ3n) is 0.800. The summed E-state index contributed by atoms with van der Waals surface area (Å²) in [5.74, 6) is 0. The Morgan fingerprint density at radius 3 is 1.78 bits per heavy atom. The number of para-hydroxylation sites is 1. The van der Waals surface area contributed by atoms with Gasteiger partial charge >= 0.3 is 0 Å². The van der Waals surface area contributed by atoms with Gasteiger partial charge in [-0.05, 0) is 12.1 Å². The van der Waals surface area contributed by atoms with E-state index in [1.54, 1.807) is 0 Å². The molecule has 0 saturated carbocycles. The number of hydrogen-bond donors (Lipinski definition) is 2. The molecule has 48 valence electrons. The molecule has 0 fully saturated rings. The minimum atomic E-state index is 0.822. The third-order valence-corrected chi connectivity index (χ3v) is 0.800. The summed E-state index contributed by atoms with van der Waals surface area (Å²) < 4.78 is 0. The standard InChI is InChI=1S/C6H7N.HNO/c7-6-4-2-1-3-5-6;1-2/h1-5H,7H2;1H. The summed E-state index contributed by atoms with van der Waals surface area (Å²) in [6.45, 7) is 0. The van der Waals surface area contributed by atoms with Crippen LogP contribution >= 0.6 is 0 Å². The molecule has 1 aromatic rings. The normalized spacial score (nSPS) is 7.11. The predicted molar refractivity (Wildman–Crippen MR) is 36.9 cm³/mol. The number of benzene rings is 1. The Kier molecular flexibility index (Phi) is 4.04. The van der Waals surface area contributed by atoms with E-state index in [0.29, 0.717) is 0 Å². The molecular weight excluding hydrogens is 116 g/mol. The van der Waals surface area contributed by atoms with Gasteiger partial charge in [0.1, 0.15) is 0 Å². The highest BCUT2D eigenvalue weighted by Gasteiger charge is 1.72. The maximum absolute atomic E-state index is 7.50. The SMILES string of the molecule is N=O.Nc1ccccc1. The van der Waals surface area contributed by atoms with Crippen LogP contribution in [0.3, 0.4) is 0 Å². The van der Waals surface area contributed by atoms with Crippen LogP contribution in [0.5, 0.6) is 0 Å². The van der Waals surface area contributed by atoms with Gasteiger partial charge in [-0.15, -0.1) is 0 Å². The van der Waals surface area contributed by atoms with Crippen molar-refractivity contribution in [2.45, 2.75) is 0 Å². The lowest BCUT2D eigenvalue weighted by Crippen LogP contribution is -1.79. The molecule has 9 heavy (non-hydrogen) atoms. The van der Waals surface area contributed by atoms with Crippen molar-refractivity contribution in [1.82, 2.24) is 0 Å². The molecule has 0 unspecified atom stereocenters. The summed E-state index contributed by atoms with van der Waals surface area (Å²) >= 11 is 0. The molecule has 0 heterocycles. The number of anilines is 1. The number of nitroso groups, excluding NO2 is 1. The zero-order chi connectivity index (χ0) is 7.11. The predicted octanol–water partition coefficient (Wildman–Crippen LogP) is 1.60. The Bertz CT molecular complexity index is 152. The van der Waals surface area contributed by atoms with Crippen molar-refractivity contribution in [3.05, 3.63) is 35.2 Å². The van der Waals surface area contributed by atoms with Crippen molar-refractivity contribution < 1.29 is 0 Å². The van der Waals surface area contributed by atoms with Crippen LogP contribution in [-0.4, -0.2) is 0 Å². The van der Waals surface area contributed by atoms with Gasteiger partial charge in [0.15, 0.2) is 0 Å². The average molecular weight is 124 g/mol. The Labute approximate surface area is 53.3 Å². The number of hydrogen-bond acceptors (Lipinski definition) is 3. The minimum Gasteiger partial charge on any atom is -0.399 e. The number of nitrogens with two attached hydrogens (primary N) is 1. The highest BCUT2D eigenvalue weighted by Crippen LogP contribution is 1.95. The fourth-order valence-electron chi connectivity index (χ4n) is 0.453. The van der Waals surface area contributed by atoms with E-state index in [1.807, 2.05) is 30.3 Å². The lowest BCUT2D eigenvalue weighted by Gasteiger charge is -1.83. The van der Waals surface area contributed by atoms with Gasteiger partial charge in [0.25, 0.3) is 0 Å². The van der Waals surface area contributed by atoms with Gasteiger partial charge in [0, 0.05) is 5.69 Å². The quantitative estimate of drug-likeness (QED) is 0.407. The molecule has 0 aliphatic heterocycles. The van der Waals surface area contributed by atoms with Crippen LogP contribution in [0.1, 0.15) is 0 Å². The van der Waals surface area contributed by atoms with E-state index in [2.05, 4.69) is 5.59 Å². The molecule has 0 atom stereocenters. The monoisotopic (exact) mass is 124 g/mol. The first-order valence-corrected chi connectivity index (χ1v) is 2.40. The van der Waals surface area contributed by atoms with Gasteiger partial charge in [0.05, 0.1) is 0 Å². The molecule has 0 spiro atoms. The molecule has 3 heteroatoms. The van der Waals surface area contributed by atoms with Gasteiger partial charge in [-0.3, -0.25) is 0 Å². The Balaban J connectivity index is 0.000000291. The van der Waals surface area contributed by atoms with Crippen molar-refractivity contribution >= 4 is 5.69 Å². The molecule has 0 saturated heterocycles. The van der Waals surface area contributed by atoms with Crippen LogP contribution < -0.4 is 5.73 Å². The fourth-order valence-corrected chi connectivity index (χ4v) is 0.453. The maximum atomic E-state index is 7.50. The van der Waals surface area contributed by atoms with E-state index in [1.165, 1.54) is 0 Å². The molecule has 1 rings (SSSR count). The van der Waals surface area contributed by atoms with Crippen LogP contribution in [0.2, 0.25) is 0 Å². The van der Waals surface area contributed by atoms with Crippen LogP contribution in [0, 0.1) is 10.5 Å². The van der Waals surface area contributed by atoms with Crippen molar-refractivity contribution in [2.75, 3.05) is 5.73 Å². The molecule has 0 amide bonds. The van der Waals surface area contributed by atoms with Crippen molar-refractivity contribution in [3.63, 3.8) is 0 Å². The van der Waals surface area contributed by atoms with E-state index in [4.69, 9.17) is 10.6 Å². The summed E-state index contributed by atoms with van der Waals surface area (Å²) in [4.78, 5) is 7.50. The Morgan fingerprint density at radius 1 is 1.11 bits per heavy atom. The largest absolute Gasteiger partial charge is 0.399 e. The van der Waals surface area contributed by atoms with Gasteiger partial charge in [-0.2, -0.15) is 4.91 Å². The summed E-state index contributed by atoms with van der Waals surface area (Å²) in [5, 5.41) is 0. The summed E-state index contributed by atoms with van der Waals surface area (Å²) in [6, 6.07) is 9.49. The summed E-state index contributed by atoms with van der Waals surface area (Å²) in [6.07, 6.45) is 0. The Hall–Kier alpha value is -1.38. The van der Waals surface area contributed by atoms with Crippen molar-refractivity contribution in [3.8, 4) is 0 Å². The first-order chi connectivity index (χ1) is 4.39. The summed E-state index contributed by atoms with van der Waals surface area (Å²) in [5.41, 5.74) is 10.7. The topological polar surface area (TPSA) is 66.9 Å². The zero-order valence-electron chi connectivity index (χ0n) is 4.87. The second-order valence-corrected chi connectivity index (χ2v) is 1.41. The molecule has 0 aliphatic carbocycles. The first kappa shape index (κ1) is 7.62. The van der Waals surface area contributed by atoms with E-state index in [9.17, 15) is 0 Å². The minimum absolute atomic E-state index is 0.822. The molecule has 0 aliphatic rings. The van der Waals surface area contributed by atoms with Crippen LogP contribution in [0.25, 0.3) is 0 Å².